The van der Waals surface area contributed by atoms with Gasteiger partial charge in [-0.3, -0.25) is 0 Å². The van der Waals surface area contributed by atoms with Crippen LogP contribution in [0.4, 0.5) is 5.82 Å². The van der Waals surface area contributed by atoms with E-state index in [1.54, 1.807) is 6.20 Å². The summed E-state index contributed by atoms with van der Waals surface area (Å²) in [5.74, 6) is 0.855. The molecule has 18 heavy (non-hydrogen) atoms. The van der Waals surface area contributed by atoms with Gasteiger partial charge in [0, 0.05) is 25.1 Å². The highest BCUT2D eigenvalue weighted by Gasteiger charge is 2.25. The van der Waals surface area contributed by atoms with Gasteiger partial charge in [-0.25, -0.2) is 9.97 Å². The van der Waals surface area contributed by atoms with Crippen LogP contribution in [0.25, 0.3) is 5.65 Å². The molecule has 0 aromatic carbocycles. The van der Waals surface area contributed by atoms with Gasteiger partial charge in [0.2, 0.25) is 0 Å². The predicted octanol–water partition coefficient (Wildman–Crippen LogP) is 1.84. The highest BCUT2D eigenvalue weighted by molar-refractivity contribution is 9.10. The molecule has 0 amide bonds. The lowest BCUT2D eigenvalue weighted by molar-refractivity contribution is 0.239. The van der Waals surface area contributed by atoms with Crippen LogP contribution in [0.15, 0.2) is 23.2 Å². The number of anilines is 1. The Morgan fingerprint density at radius 1 is 1.44 bits per heavy atom. The minimum absolute atomic E-state index is 0.154. The van der Waals surface area contributed by atoms with Crippen molar-refractivity contribution in [2.24, 2.45) is 0 Å². The quantitative estimate of drug-likeness (QED) is 0.919. The Morgan fingerprint density at radius 3 is 3.17 bits per heavy atom. The van der Waals surface area contributed by atoms with Crippen LogP contribution in [-0.4, -0.2) is 38.7 Å². The van der Waals surface area contributed by atoms with E-state index in [1.807, 2.05) is 16.8 Å². The number of aromatic nitrogens is 3. The second-order valence-corrected chi connectivity index (χ2v) is 5.38. The van der Waals surface area contributed by atoms with E-state index in [0.29, 0.717) is 0 Å². The van der Waals surface area contributed by atoms with Crippen molar-refractivity contribution in [2.45, 2.75) is 25.3 Å². The van der Waals surface area contributed by atoms with Crippen molar-refractivity contribution < 1.29 is 5.11 Å². The Labute approximate surface area is 114 Å². The zero-order valence-electron chi connectivity index (χ0n) is 9.96. The molecule has 1 aliphatic rings. The van der Waals surface area contributed by atoms with Crippen molar-refractivity contribution in [3.63, 3.8) is 0 Å². The second-order valence-electron chi connectivity index (χ2n) is 4.57. The average Bonchev–Trinajstić information content (AvgIpc) is 2.85. The molecule has 2 aromatic heterocycles. The van der Waals surface area contributed by atoms with Gasteiger partial charge in [0.05, 0.1) is 12.6 Å². The topological polar surface area (TPSA) is 53.7 Å². The molecule has 1 fully saturated rings. The van der Waals surface area contributed by atoms with Crippen molar-refractivity contribution in [3.8, 4) is 0 Å². The fourth-order valence-electron chi connectivity index (χ4n) is 2.55. The molecule has 0 spiro atoms. The summed E-state index contributed by atoms with van der Waals surface area (Å²) in [6.07, 6.45) is 8.88. The maximum absolute atomic E-state index is 9.51. The van der Waals surface area contributed by atoms with Crippen LogP contribution in [-0.2, 0) is 0 Å². The second kappa shape index (κ2) is 4.85. The summed E-state index contributed by atoms with van der Waals surface area (Å²) in [6.45, 7) is 1.10. The summed E-state index contributed by atoms with van der Waals surface area (Å²) in [6, 6.07) is 0.154. The molecule has 0 saturated carbocycles. The molecule has 1 saturated heterocycles. The summed E-state index contributed by atoms with van der Waals surface area (Å²) in [7, 11) is 0. The Balaban J connectivity index is 2.08. The van der Waals surface area contributed by atoms with Crippen molar-refractivity contribution >= 4 is 27.4 Å². The molecule has 3 rings (SSSR count). The Morgan fingerprint density at radius 2 is 2.33 bits per heavy atom. The van der Waals surface area contributed by atoms with Gasteiger partial charge in [0.1, 0.15) is 4.60 Å². The zero-order chi connectivity index (χ0) is 12.5. The highest BCUT2D eigenvalue weighted by Crippen LogP contribution is 2.27. The summed E-state index contributed by atoms with van der Waals surface area (Å²) in [5.41, 5.74) is 0.846. The van der Waals surface area contributed by atoms with Gasteiger partial charge >= 0.3 is 0 Å². The van der Waals surface area contributed by atoms with Crippen LogP contribution in [0.5, 0.6) is 0 Å². The van der Waals surface area contributed by atoms with E-state index >= 15 is 0 Å². The van der Waals surface area contributed by atoms with Crippen molar-refractivity contribution in [1.29, 1.82) is 0 Å². The lowest BCUT2D eigenvalue weighted by Crippen LogP contribution is -2.42. The largest absolute Gasteiger partial charge is 0.394 e. The molecule has 3 heterocycles. The van der Waals surface area contributed by atoms with E-state index in [9.17, 15) is 5.11 Å². The molecule has 1 N–H and O–H groups in total. The number of rotatable bonds is 2. The molecule has 5 nitrogen and oxygen atoms in total. The normalized spacial score (nSPS) is 20.6. The summed E-state index contributed by atoms with van der Waals surface area (Å²) in [4.78, 5) is 11.1. The number of aliphatic hydroxyl groups excluding tert-OH is 1. The summed E-state index contributed by atoms with van der Waals surface area (Å²) < 4.78 is 2.74. The number of nitrogens with zero attached hydrogens (tertiary/aromatic N) is 4. The minimum Gasteiger partial charge on any atom is -0.394 e. The van der Waals surface area contributed by atoms with Gasteiger partial charge in [0.25, 0.3) is 0 Å². The Kier molecular flexibility index (Phi) is 3.22. The number of halogens is 1. The molecular formula is C12H15BrN4O. The standard InChI is InChI=1S/C12H15BrN4O/c13-10-7-16-6-4-14-11(16)12(15-10)17-5-2-1-3-9(17)8-18/h4,6-7,9,18H,1-3,5,8H2. The lowest BCUT2D eigenvalue weighted by atomic mass is 10.0. The maximum atomic E-state index is 9.51. The highest BCUT2D eigenvalue weighted by atomic mass is 79.9. The summed E-state index contributed by atoms with van der Waals surface area (Å²) in [5, 5.41) is 9.51. The van der Waals surface area contributed by atoms with Crippen molar-refractivity contribution in [1.82, 2.24) is 14.4 Å². The van der Waals surface area contributed by atoms with Gasteiger partial charge in [-0.1, -0.05) is 0 Å². The third-order valence-electron chi connectivity index (χ3n) is 3.44. The fraction of sp³-hybridized carbons (Fsp3) is 0.500. The number of hydrogen-bond acceptors (Lipinski definition) is 4. The van der Waals surface area contributed by atoms with E-state index in [0.717, 1.165) is 35.5 Å². The SMILES string of the molecule is OCC1CCCCN1c1nc(Br)cn2ccnc12. The van der Waals surface area contributed by atoms with Crippen LogP contribution in [0, 0.1) is 0 Å². The molecule has 0 bridgehead atoms. The monoisotopic (exact) mass is 310 g/mol. The van der Waals surface area contributed by atoms with E-state index in [2.05, 4.69) is 30.8 Å². The van der Waals surface area contributed by atoms with Gasteiger partial charge < -0.3 is 14.4 Å². The summed E-state index contributed by atoms with van der Waals surface area (Å²) >= 11 is 3.43. The Hall–Kier alpha value is -1.14. The van der Waals surface area contributed by atoms with Gasteiger partial charge in [-0.2, -0.15) is 0 Å². The first-order chi connectivity index (χ1) is 8.79. The van der Waals surface area contributed by atoms with E-state index in [4.69, 9.17) is 0 Å². The third-order valence-corrected chi connectivity index (χ3v) is 3.82. The van der Waals surface area contributed by atoms with Crippen LogP contribution in [0.2, 0.25) is 0 Å². The van der Waals surface area contributed by atoms with Crippen LogP contribution < -0.4 is 4.90 Å². The molecule has 0 radical (unpaired) electrons. The number of hydrogen-bond donors (Lipinski definition) is 1. The van der Waals surface area contributed by atoms with Gasteiger partial charge in [-0.15, -0.1) is 0 Å². The van der Waals surface area contributed by atoms with Crippen LogP contribution in [0.1, 0.15) is 19.3 Å². The molecule has 96 valence electrons. The molecular weight excluding hydrogens is 296 g/mol. The molecule has 2 aromatic rings. The molecule has 0 aliphatic carbocycles. The van der Waals surface area contributed by atoms with Gasteiger partial charge in [0.15, 0.2) is 11.5 Å². The number of fused-ring (bicyclic) bond motifs is 1. The van der Waals surface area contributed by atoms with Crippen molar-refractivity contribution in [3.05, 3.63) is 23.2 Å². The van der Waals surface area contributed by atoms with Crippen LogP contribution in [0.3, 0.4) is 0 Å². The molecule has 6 heteroatoms. The lowest BCUT2D eigenvalue weighted by Gasteiger charge is -2.35. The van der Waals surface area contributed by atoms with Gasteiger partial charge in [-0.05, 0) is 35.2 Å². The molecule has 1 unspecified atom stereocenters. The van der Waals surface area contributed by atoms with Crippen LogP contribution >= 0.6 is 15.9 Å². The first-order valence-electron chi connectivity index (χ1n) is 6.16. The third kappa shape index (κ3) is 1.99. The maximum Gasteiger partial charge on any atom is 0.180 e. The van der Waals surface area contributed by atoms with E-state index in [1.165, 1.54) is 6.42 Å². The fourth-order valence-corrected chi connectivity index (χ4v) is 2.94. The predicted molar refractivity (Wildman–Crippen MR) is 72.8 cm³/mol. The minimum atomic E-state index is 0.154. The average molecular weight is 311 g/mol. The molecule has 1 atom stereocenters. The first kappa shape index (κ1) is 11.9. The number of imidazole rings is 1. The first-order valence-corrected chi connectivity index (χ1v) is 6.95. The van der Waals surface area contributed by atoms with E-state index < -0.39 is 0 Å². The zero-order valence-corrected chi connectivity index (χ0v) is 11.5. The smallest absolute Gasteiger partial charge is 0.180 e. The molecule has 1 aliphatic heterocycles. The van der Waals surface area contributed by atoms with E-state index in [-0.39, 0.29) is 12.6 Å². The number of aliphatic hydroxyl groups is 1. The van der Waals surface area contributed by atoms with Crippen molar-refractivity contribution in [2.75, 3.05) is 18.1 Å². The Bertz CT molecular complexity index is 556. The number of piperidine rings is 1.